The Morgan fingerprint density at radius 1 is 1.37 bits per heavy atom. The van der Waals surface area contributed by atoms with E-state index in [9.17, 15) is 9.18 Å². The fourth-order valence-electron chi connectivity index (χ4n) is 1.72. The van der Waals surface area contributed by atoms with Crippen molar-refractivity contribution in [2.75, 3.05) is 0 Å². The SMILES string of the molecule is CC(NC(=O)c1cnccc1Cl)c1ccccc1F. The molecule has 2 rings (SSSR count). The van der Waals surface area contributed by atoms with Gasteiger partial charge in [0.15, 0.2) is 0 Å². The minimum atomic E-state index is -0.454. The van der Waals surface area contributed by atoms with Crippen molar-refractivity contribution in [3.63, 3.8) is 0 Å². The highest BCUT2D eigenvalue weighted by Crippen LogP contribution is 2.18. The Bertz CT molecular complexity index is 604. The highest BCUT2D eigenvalue weighted by atomic mass is 35.5. The molecule has 2 aromatic rings. The molecule has 98 valence electrons. The summed E-state index contributed by atoms with van der Waals surface area (Å²) in [6.45, 7) is 1.71. The average molecular weight is 279 g/mol. The van der Waals surface area contributed by atoms with Gasteiger partial charge in [-0.25, -0.2) is 4.39 Å². The predicted molar refractivity (Wildman–Crippen MR) is 71.5 cm³/mol. The smallest absolute Gasteiger partial charge is 0.254 e. The average Bonchev–Trinajstić information content (AvgIpc) is 2.39. The van der Waals surface area contributed by atoms with Crippen LogP contribution >= 0.6 is 11.6 Å². The normalized spacial score (nSPS) is 11.9. The van der Waals surface area contributed by atoms with Crippen molar-refractivity contribution >= 4 is 17.5 Å². The summed E-state index contributed by atoms with van der Waals surface area (Å²) in [5.41, 5.74) is 0.697. The summed E-state index contributed by atoms with van der Waals surface area (Å²) in [5.74, 6) is -0.735. The van der Waals surface area contributed by atoms with E-state index in [1.807, 2.05) is 0 Å². The first-order valence-electron chi connectivity index (χ1n) is 5.74. The van der Waals surface area contributed by atoms with Crippen LogP contribution in [0.4, 0.5) is 4.39 Å². The molecule has 0 bridgehead atoms. The Hall–Kier alpha value is -1.94. The van der Waals surface area contributed by atoms with Crippen LogP contribution in [0.25, 0.3) is 0 Å². The minimum Gasteiger partial charge on any atom is -0.345 e. The van der Waals surface area contributed by atoms with Gasteiger partial charge in [0.1, 0.15) is 5.82 Å². The molecule has 1 N–H and O–H groups in total. The van der Waals surface area contributed by atoms with E-state index in [2.05, 4.69) is 10.3 Å². The zero-order valence-corrected chi connectivity index (χ0v) is 11.0. The third-order valence-corrected chi connectivity index (χ3v) is 3.06. The number of hydrogen-bond acceptors (Lipinski definition) is 2. The number of pyridine rings is 1. The quantitative estimate of drug-likeness (QED) is 0.935. The molecule has 0 spiro atoms. The number of nitrogens with one attached hydrogen (secondary N) is 1. The second kappa shape index (κ2) is 5.80. The van der Waals surface area contributed by atoms with Crippen LogP contribution in [-0.2, 0) is 0 Å². The molecule has 0 aliphatic heterocycles. The number of amides is 1. The first-order chi connectivity index (χ1) is 9.09. The van der Waals surface area contributed by atoms with Crippen LogP contribution in [0.15, 0.2) is 42.7 Å². The van der Waals surface area contributed by atoms with E-state index >= 15 is 0 Å². The summed E-state index contributed by atoms with van der Waals surface area (Å²) in [5, 5.41) is 3.00. The van der Waals surface area contributed by atoms with Gasteiger partial charge in [-0.2, -0.15) is 0 Å². The van der Waals surface area contributed by atoms with Gasteiger partial charge >= 0.3 is 0 Å². The molecule has 0 radical (unpaired) electrons. The van der Waals surface area contributed by atoms with Crippen molar-refractivity contribution < 1.29 is 9.18 Å². The lowest BCUT2D eigenvalue weighted by Crippen LogP contribution is -2.27. The number of benzene rings is 1. The van der Waals surface area contributed by atoms with E-state index in [4.69, 9.17) is 11.6 Å². The molecular weight excluding hydrogens is 267 g/mol. The molecule has 0 saturated heterocycles. The molecule has 0 aliphatic rings. The molecule has 3 nitrogen and oxygen atoms in total. The molecule has 1 aromatic carbocycles. The van der Waals surface area contributed by atoms with E-state index < -0.39 is 6.04 Å². The minimum absolute atomic E-state index is 0.271. The first kappa shape index (κ1) is 13.5. The Morgan fingerprint density at radius 2 is 2.11 bits per heavy atom. The number of carbonyl (C=O) groups is 1. The maximum absolute atomic E-state index is 13.6. The third-order valence-electron chi connectivity index (χ3n) is 2.73. The number of aromatic nitrogens is 1. The molecule has 19 heavy (non-hydrogen) atoms. The van der Waals surface area contributed by atoms with Gasteiger partial charge in [-0.1, -0.05) is 29.8 Å². The Labute approximate surface area is 115 Å². The van der Waals surface area contributed by atoms with Gasteiger partial charge in [-0.05, 0) is 19.1 Å². The number of nitrogens with zero attached hydrogens (tertiary/aromatic N) is 1. The molecule has 1 amide bonds. The lowest BCUT2D eigenvalue weighted by atomic mass is 10.1. The molecule has 1 unspecified atom stereocenters. The number of hydrogen-bond donors (Lipinski definition) is 1. The number of carbonyl (C=O) groups excluding carboxylic acids is 1. The largest absolute Gasteiger partial charge is 0.345 e. The summed E-state index contributed by atoms with van der Waals surface area (Å²) >= 11 is 5.90. The molecular formula is C14H12ClFN2O. The number of halogens is 2. The zero-order valence-electron chi connectivity index (χ0n) is 10.2. The second-order valence-corrected chi connectivity index (χ2v) is 4.48. The molecule has 0 saturated carbocycles. The molecule has 1 heterocycles. The van der Waals surface area contributed by atoms with Crippen molar-refractivity contribution in [2.45, 2.75) is 13.0 Å². The second-order valence-electron chi connectivity index (χ2n) is 4.07. The highest BCUT2D eigenvalue weighted by molar-refractivity contribution is 6.33. The van der Waals surface area contributed by atoms with Crippen LogP contribution in [0.3, 0.4) is 0 Å². The summed E-state index contributed by atoms with van der Waals surface area (Å²) in [7, 11) is 0. The van der Waals surface area contributed by atoms with Gasteiger partial charge in [-0.3, -0.25) is 9.78 Å². The van der Waals surface area contributed by atoms with Crippen LogP contribution in [0.5, 0.6) is 0 Å². The predicted octanol–water partition coefficient (Wildman–Crippen LogP) is 3.37. The first-order valence-corrected chi connectivity index (χ1v) is 6.12. The van der Waals surface area contributed by atoms with Crippen molar-refractivity contribution in [3.8, 4) is 0 Å². The summed E-state index contributed by atoms with van der Waals surface area (Å²) in [4.78, 5) is 15.8. The molecule has 1 aromatic heterocycles. The third kappa shape index (κ3) is 3.09. The van der Waals surface area contributed by atoms with Crippen molar-refractivity contribution in [2.24, 2.45) is 0 Å². The van der Waals surface area contributed by atoms with Crippen LogP contribution in [0.1, 0.15) is 28.9 Å². The Morgan fingerprint density at radius 3 is 2.79 bits per heavy atom. The van der Waals surface area contributed by atoms with Gasteiger partial charge in [0.25, 0.3) is 5.91 Å². The van der Waals surface area contributed by atoms with Crippen LogP contribution in [-0.4, -0.2) is 10.9 Å². The Balaban J connectivity index is 2.16. The summed E-state index contributed by atoms with van der Waals surface area (Å²) in [6, 6.07) is 7.39. The van der Waals surface area contributed by atoms with Crippen molar-refractivity contribution in [3.05, 3.63) is 64.7 Å². The van der Waals surface area contributed by atoms with E-state index in [0.717, 1.165) is 0 Å². The van der Waals surface area contributed by atoms with E-state index in [-0.39, 0.29) is 17.3 Å². The maximum atomic E-state index is 13.6. The van der Waals surface area contributed by atoms with Crippen LogP contribution in [0.2, 0.25) is 5.02 Å². The van der Waals surface area contributed by atoms with Crippen LogP contribution in [0, 0.1) is 5.82 Å². The number of rotatable bonds is 3. The van der Waals surface area contributed by atoms with Gasteiger partial charge in [0, 0.05) is 18.0 Å². The standard InChI is InChI=1S/C14H12ClFN2O/c1-9(10-4-2-3-5-13(10)16)18-14(19)11-8-17-7-6-12(11)15/h2-9H,1H3,(H,18,19). The lowest BCUT2D eigenvalue weighted by Gasteiger charge is -2.15. The van der Waals surface area contributed by atoms with Gasteiger partial charge in [0.2, 0.25) is 0 Å². The molecule has 0 aliphatic carbocycles. The summed E-state index contributed by atoms with van der Waals surface area (Å²) < 4.78 is 13.6. The summed E-state index contributed by atoms with van der Waals surface area (Å²) in [6.07, 6.45) is 2.88. The zero-order chi connectivity index (χ0) is 13.8. The molecule has 5 heteroatoms. The van der Waals surface area contributed by atoms with Crippen molar-refractivity contribution in [1.29, 1.82) is 0 Å². The van der Waals surface area contributed by atoms with E-state index in [0.29, 0.717) is 10.6 Å². The van der Waals surface area contributed by atoms with Crippen LogP contribution < -0.4 is 5.32 Å². The van der Waals surface area contributed by atoms with Gasteiger partial charge < -0.3 is 5.32 Å². The highest BCUT2D eigenvalue weighted by Gasteiger charge is 2.16. The lowest BCUT2D eigenvalue weighted by molar-refractivity contribution is 0.0939. The molecule has 1 atom stereocenters. The topological polar surface area (TPSA) is 42.0 Å². The van der Waals surface area contributed by atoms with E-state index in [1.165, 1.54) is 24.5 Å². The van der Waals surface area contributed by atoms with Gasteiger partial charge in [0.05, 0.1) is 16.6 Å². The fourth-order valence-corrected chi connectivity index (χ4v) is 1.91. The van der Waals surface area contributed by atoms with Crippen molar-refractivity contribution in [1.82, 2.24) is 10.3 Å². The Kier molecular flexibility index (Phi) is 4.12. The fraction of sp³-hybridized carbons (Fsp3) is 0.143. The molecule has 0 fully saturated rings. The monoisotopic (exact) mass is 278 g/mol. The maximum Gasteiger partial charge on any atom is 0.254 e. The van der Waals surface area contributed by atoms with E-state index in [1.54, 1.807) is 25.1 Å². The van der Waals surface area contributed by atoms with Gasteiger partial charge in [-0.15, -0.1) is 0 Å².